The number of ether oxygens (including phenoxy) is 1. The summed E-state index contributed by atoms with van der Waals surface area (Å²) in [5, 5.41) is 3.10. The van der Waals surface area contributed by atoms with E-state index < -0.39 is 11.9 Å². The predicted molar refractivity (Wildman–Crippen MR) is 76.0 cm³/mol. The molecule has 0 fully saturated rings. The monoisotopic (exact) mass is 310 g/mol. The second-order valence-corrected chi connectivity index (χ2v) is 4.97. The van der Waals surface area contributed by atoms with E-state index in [2.05, 4.69) is 5.32 Å². The van der Waals surface area contributed by atoms with Crippen LogP contribution in [0.5, 0.6) is 0 Å². The van der Waals surface area contributed by atoms with Gasteiger partial charge >= 0.3 is 5.97 Å². The van der Waals surface area contributed by atoms with Crippen molar-refractivity contribution in [3.8, 4) is 0 Å². The predicted octanol–water partition coefficient (Wildman–Crippen LogP) is 2.31. The highest BCUT2D eigenvalue weighted by molar-refractivity contribution is 6.30. The number of aryl methyl sites for hydroxylation is 1. The lowest BCUT2D eigenvalue weighted by molar-refractivity contribution is -0.125. The lowest BCUT2D eigenvalue weighted by Crippen LogP contribution is -2.31. The van der Waals surface area contributed by atoms with Crippen LogP contribution in [0.1, 0.15) is 29.2 Å². The van der Waals surface area contributed by atoms with Crippen LogP contribution >= 0.6 is 11.6 Å². The molecule has 0 aliphatic rings. The Morgan fingerprint density at radius 3 is 2.86 bits per heavy atom. The summed E-state index contributed by atoms with van der Waals surface area (Å²) in [4.78, 5) is 23.5. The van der Waals surface area contributed by atoms with E-state index in [9.17, 15) is 9.59 Å². The summed E-state index contributed by atoms with van der Waals surface area (Å²) in [5.41, 5.74) is 0.284. The lowest BCUT2D eigenvalue weighted by Gasteiger charge is -2.11. The van der Waals surface area contributed by atoms with E-state index in [-0.39, 0.29) is 18.3 Å². The normalized spacial score (nSPS) is 12.0. The number of esters is 1. The van der Waals surface area contributed by atoms with Crippen LogP contribution in [-0.4, -0.2) is 23.1 Å². The highest BCUT2D eigenvalue weighted by Gasteiger charge is 2.16. The molecular weight excluding hydrogens is 296 g/mol. The number of hydrogen-bond donors (Lipinski definition) is 1. The van der Waals surface area contributed by atoms with Crippen LogP contribution in [0.3, 0.4) is 0 Å². The molecule has 7 heteroatoms. The van der Waals surface area contributed by atoms with Crippen molar-refractivity contribution in [3.05, 3.63) is 47.1 Å². The zero-order chi connectivity index (χ0) is 15.4. The average molecular weight is 311 g/mol. The molecule has 21 heavy (non-hydrogen) atoms. The van der Waals surface area contributed by atoms with Gasteiger partial charge in [0.1, 0.15) is 11.5 Å². The Bertz CT molecular complexity index is 633. The van der Waals surface area contributed by atoms with E-state index in [0.29, 0.717) is 10.8 Å². The molecule has 6 nitrogen and oxygen atoms in total. The summed E-state index contributed by atoms with van der Waals surface area (Å²) in [7, 11) is 1.67. The fraction of sp³-hybridized carbons (Fsp3) is 0.286. The van der Waals surface area contributed by atoms with Crippen molar-refractivity contribution in [1.82, 2.24) is 9.88 Å². The summed E-state index contributed by atoms with van der Waals surface area (Å²) in [5.74, 6) is -0.387. The Labute approximate surface area is 126 Å². The van der Waals surface area contributed by atoms with E-state index in [1.807, 2.05) is 0 Å². The van der Waals surface area contributed by atoms with Crippen LogP contribution in [0.4, 0.5) is 0 Å². The van der Waals surface area contributed by atoms with Gasteiger partial charge in [0.2, 0.25) is 0 Å². The molecule has 0 aromatic carbocycles. The number of hydrogen-bond acceptors (Lipinski definition) is 4. The molecule has 0 aliphatic carbocycles. The molecule has 0 bridgehead atoms. The summed E-state index contributed by atoms with van der Waals surface area (Å²) < 4.78 is 11.6. The molecule has 2 aromatic rings. The fourth-order valence-electron chi connectivity index (χ4n) is 1.82. The minimum Gasteiger partial charge on any atom is -0.467 e. The van der Waals surface area contributed by atoms with Gasteiger partial charge in [-0.15, -0.1) is 0 Å². The van der Waals surface area contributed by atoms with Crippen molar-refractivity contribution in [1.29, 1.82) is 0 Å². The summed E-state index contributed by atoms with van der Waals surface area (Å²) in [6, 6.07) is 4.67. The van der Waals surface area contributed by atoms with Gasteiger partial charge in [0.05, 0.1) is 17.3 Å². The van der Waals surface area contributed by atoms with Gasteiger partial charge in [-0.2, -0.15) is 0 Å². The molecular formula is C14H15ClN2O4. The van der Waals surface area contributed by atoms with E-state index in [1.165, 1.54) is 16.9 Å². The Hall–Kier alpha value is -2.21. The minimum absolute atomic E-state index is 0.284. The third-order valence-electron chi connectivity index (χ3n) is 2.86. The Morgan fingerprint density at radius 1 is 1.52 bits per heavy atom. The first-order valence-electron chi connectivity index (χ1n) is 6.29. The molecule has 1 amide bonds. The van der Waals surface area contributed by atoms with Gasteiger partial charge in [0.25, 0.3) is 5.91 Å². The van der Waals surface area contributed by atoms with E-state index in [0.717, 1.165) is 0 Å². The van der Waals surface area contributed by atoms with Gasteiger partial charge < -0.3 is 19.0 Å². The fourth-order valence-corrected chi connectivity index (χ4v) is 2.07. The first kappa shape index (κ1) is 15.2. The van der Waals surface area contributed by atoms with Crippen molar-refractivity contribution < 1.29 is 18.7 Å². The Morgan fingerprint density at radius 2 is 2.29 bits per heavy atom. The molecule has 0 aliphatic heterocycles. The summed E-state index contributed by atoms with van der Waals surface area (Å²) in [6.45, 7) is 1.40. The second-order valence-electron chi connectivity index (χ2n) is 4.54. The largest absolute Gasteiger partial charge is 0.467 e. The smallest absolute Gasteiger partial charge is 0.355 e. The molecule has 112 valence electrons. The maximum atomic E-state index is 11.8. The first-order valence-corrected chi connectivity index (χ1v) is 6.67. The quantitative estimate of drug-likeness (QED) is 0.860. The number of nitrogens with one attached hydrogen (secondary N) is 1. The van der Waals surface area contributed by atoms with E-state index >= 15 is 0 Å². The lowest BCUT2D eigenvalue weighted by atomic mass is 10.2. The van der Waals surface area contributed by atoms with Crippen LogP contribution in [0.15, 0.2) is 35.1 Å². The number of halogens is 1. The number of nitrogens with zero attached hydrogens (tertiary/aromatic N) is 1. The van der Waals surface area contributed by atoms with Crippen LogP contribution in [0.2, 0.25) is 5.02 Å². The number of aromatic nitrogens is 1. The van der Waals surface area contributed by atoms with Gasteiger partial charge in [-0.05, 0) is 25.1 Å². The zero-order valence-corrected chi connectivity index (χ0v) is 12.4. The molecule has 0 saturated carbocycles. The molecule has 1 N–H and O–H groups in total. The van der Waals surface area contributed by atoms with Crippen LogP contribution in [0.25, 0.3) is 0 Å². The molecule has 0 radical (unpaired) electrons. The molecule has 1 atom stereocenters. The maximum Gasteiger partial charge on any atom is 0.355 e. The topological polar surface area (TPSA) is 73.5 Å². The van der Waals surface area contributed by atoms with Gasteiger partial charge in [-0.1, -0.05) is 11.6 Å². The molecule has 2 aromatic heterocycles. The van der Waals surface area contributed by atoms with E-state index in [1.54, 1.807) is 32.3 Å². The number of carbonyl (C=O) groups is 2. The van der Waals surface area contributed by atoms with E-state index in [4.69, 9.17) is 20.8 Å². The number of amides is 1. The molecule has 0 spiro atoms. The van der Waals surface area contributed by atoms with Gasteiger partial charge in [-0.3, -0.25) is 4.79 Å². The Balaban J connectivity index is 1.84. The van der Waals surface area contributed by atoms with Crippen molar-refractivity contribution in [2.75, 3.05) is 6.61 Å². The average Bonchev–Trinajstić information content (AvgIpc) is 3.05. The SMILES string of the molecule is CC(NC(=O)COC(=O)c1cc(Cl)cn1C)c1ccco1. The number of carbonyl (C=O) groups excluding carboxylic acids is 2. The van der Waals surface area contributed by atoms with Crippen molar-refractivity contribution in [2.45, 2.75) is 13.0 Å². The summed E-state index contributed by atoms with van der Waals surface area (Å²) in [6.07, 6.45) is 3.11. The zero-order valence-electron chi connectivity index (χ0n) is 11.6. The molecule has 2 rings (SSSR count). The Kier molecular flexibility index (Phi) is 4.70. The second kappa shape index (κ2) is 6.49. The van der Waals surface area contributed by atoms with Crippen molar-refractivity contribution in [3.63, 3.8) is 0 Å². The standard InChI is InChI=1S/C14H15ClN2O4/c1-9(12-4-3-5-20-12)16-13(18)8-21-14(19)11-6-10(15)7-17(11)2/h3-7,9H,8H2,1-2H3,(H,16,18). The minimum atomic E-state index is -0.606. The number of furan rings is 1. The van der Waals surface area contributed by atoms with Gasteiger partial charge in [0.15, 0.2) is 6.61 Å². The molecule has 1 unspecified atom stereocenters. The highest BCUT2D eigenvalue weighted by Crippen LogP contribution is 2.14. The van der Waals surface area contributed by atoms with Gasteiger partial charge in [0, 0.05) is 13.2 Å². The number of rotatable bonds is 5. The molecule has 2 heterocycles. The molecule has 0 saturated heterocycles. The third-order valence-corrected chi connectivity index (χ3v) is 3.07. The summed E-state index contributed by atoms with van der Waals surface area (Å²) >= 11 is 5.78. The van der Waals surface area contributed by atoms with Crippen LogP contribution < -0.4 is 5.32 Å². The van der Waals surface area contributed by atoms with Crippen LogP contribution in [0, 0.1) is 0 Å². The highest BCUT2D eigenvalue weighted by atomic mass is 35.5. The van der Waals surface area contributed by atoms with Crippen molar-refractivity contribution in [2.24, 2.45) is 7.05 Å². The van der Waals surface area contributed by atoms with Gasteiger partial charge in [-0.25, -0.2) is 4.79 Å². The maximum absolute atomic E-state index is 11.8. The first-order chi connectivity index (χ1) is 9.97. The van der Waals surface area contributed by atoms with Crippen LogP contribution in [-0.2, 0) is 16.6 Å². The third kappa shape index (κ3) is 3.88. The van der Waals surface area contributed by atoms with Crippen molar-refractivity contribution >= 4 is 23.5 Å².